The average molecular weight is 230 g/mol. The van der Waals surface area contributed by atoms with Crippen LogP contribution in [-0.4, -0.2) is 23.6 Å². The molecule has 0 amide bonds. The molecule has 0 saturated carbocycles. The Morgan fingerprint density at radius 2 is 2.29 bits per heavy atom. The van der Waals surface area contributed by atoms with Gasteiger partial charge in [0.2, 0.25) is 0 Å². The predicted molar refractivity (Wildman–Crippen MR) is 51.5 cm³/mol. The van der Waals surface area contributed by atoms with Crippen LogP contribution >= 0.6 is 11.3 Å². The second kappa shape index (κ2) is 3.39. The molecule has 0 unspecified atom stereocenters. The van der Waals surface area contributed by atoms with Gasteiger partial charge >= 0.3 is 0 Å². The van der Waals surface area contributed by atoms with Crippen molar-refractivity contribution < 1.29 is 8.42 Å². The third-order valence-corrected chi connectivity index (χ3v) is 3.50. The van der Waals surface area contributed by atoms with Crippen molar-refractivity contribution >= 4 is 26.5 Å². The van der Waals surface area contributed by atoms with Gasteiger partial charge in [-0.3, -0.25) is 9.82 Å². The van der Waals surface area contributed by atoms with Crippen LogP contribution in [0, 0.1) is 0 Å². The van der Waals surface area contributed by atoms with E-state index in [-0.39, 0.29) is 5.03 Å². The molecule has 0 spiro atoms. The number of nitrogens with one attached hydrogen (secondary N) is 2. The maximum Gasteiger partial charge on any atom is 0.280 e. The van der Waals surface area contributed by atoms with Crippen LogP contribution in [0.5, 0.6) is 0 Å². The van der Waals surface area contributed by atoms with Crippen molar-refractivity contribution in [2.75, 3.05) is 4.72 Å². The van der Waals surface area contributed by atoms with E-state index in [1.165, 1.54) is 29.8 Å². The van der Waals surface area contributed by atoms with Gasteiger partial charge in [-0.05, 0) is 6.07 Å². The van der Waals surface area contributed by atoms with Crippen LogP contribution in [0.3, 0.4) is 0 Å². The Kier molecular flexibility index (Phi) is 2.22. The summed E-state index contributed by atoms with van der Waals surface area (Å²) in [5.41, 5.74) is 0. The smallest absolute Gasteiger partial charge is 0.266 e. The molecule has 0 bridgehead atoms. The highest BCUT2D eigenvalue weighted by Gasteiger charge is 2.16. The summed E-state index contributed by atoms with van der Waals surface area (Å²) >= 11 is 1.21. The summed E-state index contributed by atoms with van der Waals surface area (Å²) in [7, 11) is -3.56. The van der Waals surface area contributed by atoms with Crippen LogP contribution in [0.25, 0.3) is 0 Å². The molecule has 6 nitrogen and oxygen atoms in total. The summed E-state index contributed by atoms with van der Waals surface area (Å²) < 4.78 is 25.4. The van der Waals surface area contributed by atoms with E-state index in [1.54, 1.807) is 5.38 Å². The molecule has 2 heterocycles. The second-order valence-electron chi connectivity index (χ2n) is 2.36. The van der Waals surface area contributed by atoms with E-state index in [0.29, 0.717) is 5.13 Å². The highest BCUT2D eigenvalue weighted by Crippen LogP contribution is 2.15. The van der Waals surface area contributed by atoms with Gasteiger partial charge in [-0.15, -0.1) is 11.3 Å². The molecular weight excluding hydrogens is 224 g/mol. The molecule has 2 rings (SSSR count). The zero-order valence-electron chi connectivity index (χ0n) is 6.84. The molecule has 74 valence electrons. The Balaban J connectivity index is 2.27. The Hall–Kier alpha value is -1.41. The lowest BCUT2D eigenvalue weighted by molar-refractivity contribution is 0.597. The van der Waals surface area contributed by atoms with Gasteiger partial charge < -0.3 is 0 Å². The second-order valence-corrected chi connectivity index (χ2v) is 4.91. The van der Waals surface area contributed by atoms with Crippen molar-refractivity contribution in [1.82, 2.24) is 15.2 Å². The predicted octanol–water partition coefficient (Wildman–Crippen LogP) is 0.667. The fraction of sp³-hybridized carbons (Fsp3) is 0. The van der Waals surface area contributed by atoms with Gasteiger partial charge in [0.25, 0.3) is 10.0 Å². The summed E-state index contributed by atoms with van der Waals surface area (Å²) in [6.07, 6.45) is 2.89. The van der Waals surface area contributed by atoms with E-state index in [4.69, 9.17) is 0 Å². The van der Waals surface area contributed by atoms with Gasteiger partial charge in [-0.2, -0.15) is 13.5 Å². The van der Waals surface area contributed by atoms with Crippen LogP contribution in [0.15, 0.2) is 28.9 Å². The maximum absolute atomic E-state index is 11.5. The van der Waals surface area contributed by atoms with E-state index in [1.807, 2.05) is 0 Å². The minimum atomic E-state index is -3.56. The average Bonchev–Trinajstić information content (AvgIpc) is 2.71. The summed E-state index contributed by atoms with van der Waals surface area (Å²) in [4.78, 5) is 3.81. The van der Waals surface area contributed by atoms with Crippen LogP contribution < -0.4 is 4.72 Å². The van der Waals surface area contributed by atoms with Crippen molar-refractivity contribution in [2.45, 2.75) is 5.03 Å². The molecule has 0 aliphatic carbocycles. The number of aromatic amines is 1. The van der Waals surface area contributed by atoms with E-state index < -0.39 is 10.0 Å². The molecule has 0 radical (unpaired) electrons. The Labute approximate surface area is 84.1 Å². The van der Waals surface area contributed by atoms with Gasteiger partial charge in [-0.25, -0.2) is 4.98 Å². The number of sulfonamides is 1. The Morgan fingerprint density at radius 3 is 2.86 bits per heavy atom. The monoisotopic (exact) mass is 230 g/mol. The molecule has 2 aromatic rings. The topological polar surface area (TPSA) is 87.7 Å². The summed E-state index contributed by atoms with van der Waals surface area (Å²) in [6.45, 7) is 0. The highest BCUT2D eigenvalue weighted by molar-refractivity contribution is 7.92. The third-order valence-electron chi connectivity index (χ3n) is 1.42. The molecule has 8 heteroatoms. The molecule has 0 aliphatic rings. The lowest BCUT2D eigenvalue weighted by Crippen LogP contribution is -2.13. The number of hydrogen-bond acceptors (Lipinski definition) is 5. The zero-order valence-corrected chi connectivity index (χ0v) is 8.47. The summed E-state index contributed by atoms with van der Waals surface area (Å²) in [5, 5.41) is 7.96. The normalized spacial score (nSPS) is 11.4. The zero-order chi connectivity index (χ0) is 10.0. The molecule has 14 heavy (non-hydrogen) atoms. The van der Waals surface area contributed by atoms with Crippen LogP contribution in [0.1, 0.15) is 0 Å². The van der Waals surface area contributed by atoms with E-state index in [9.17, 15) is 8.42 Å². The first-order valence-corrected chi connectivity index (χ1v) is 5.96. The van der Waals surface area contributed by atoms with Gasteiger partial charge in [-0.1, -0.05) is 0 Å². The van der Waals surface area contributed by atoms with Gasteiger partial charge in [0.05, 0.1) is 6.20 Å². The van der Waals surface area contributed by atoms with Crippen molar-refractivity contribution in [1.29, 1.82) is 0 Å². The number of rotatable bonds is 3. The van der Waals surface area contributed by atoms with Crippen LogP contribution in [-0.2, 0) is 10.0 Å². The minimum Gasteiger partial charge on any atom is -0.266 e. The first-order chi connectivity index (χ1) is 6.68. The standard InChI is InChI=1S/C6H6N4O2S2/c11-14(12,5-1-2-8-9-5)10-6-7-3-4-13-6/h1-4H,(H,7,10)(H,8,9). The highest BCUT2D eigenvalue weighted by atomic mass is 32.2. The molecule has 0 aromatic carbocycles. The first-order valence-electron chi connectivity index (χ1n) is 3.60. The number of anilines is 1. The van der Waals surface area contributed by atoms with Crippen molar-refractivity contribution in [2.24, 2.45) is 0 Å². The molecule has 0 fully saturated rings. The first kappa shape index (κ1) is 9.16. The summed E-state index contributed by atoms with van der Waals surface area (Å²) in [5.74, 6) is 0. The number of aromatic nitrogens is 3. The van der Waals surface area contributed by atoms with E-state index in [0.717, 1.165) is 0 Å². The fourth-order valence-electron chi connectivity index (χ4n) is 0.837. The molecule has 0 saturated heterocycles. The Bertz CT molecular complexity index is 488. The third kappa shape index (κ3) is 1.75. The molecular formula is C6H6N4O2S2. The lowest BCUT2D eigenvalue weighted by Gasteiger charge is -2.00. The Morgan fingerprint density at radius 1 is 1.43 bits per heavy atom. The van der Waals surface area contributed by atoms with Crippen molar-refractivity contribution in [3.05, 3.63) is 23.8 Å². The van der Waals surface area contributed by atoms with Gasteiger partial charge in [0.15, 0.2) is 10.2 Å². The van der Waals surface area contributed by atoms with E-state index in [2.05, 4.69) is 19.9 Å². The van der Waals surface area contributed by atoms with Gasteiger partial charge in [0, 0.05) is 11.6 Å². The SMILES string of the molecule is O=S(=O)(Nc1nccs1)c1ccn[nH]1. The molecule has 0 atom stereocenters. The lowest BCUT2D eigenvalue weighted by atomic mass is 10.8. The maximum atomic E-state index is 11.5. The van der Waals surface area contributed by atoms with Crippen molar-refractivity contribution in [3.63, 3.8) is 0 Å². The number of thiazole rings is 1. The fourth-order valence-corrected chi connectivity index (χ4v) is 2.54. The number of H-pyrrole nitrogens is 1. The van der Waals surface area contributed by atoms with Crippen molar-refractivity contribution in [3.8, 4) is 0 Å². The largest absolute Gasteiger partial charge is 0.280 e. The number of hydrogen-bond donors (Lipinski definition) is 2. The summed E-state index contributed by atoms with van der Waals surface area (Å²) in [6, 6.07) is 1.37. The minimum absolute atomic E-state index is 0.0210. The molecule has 2 aromatic heterocycles. The molecule has 2 N–H and O–H groups in total. The van der Waals surface area contributed by atoms with Crippen LogP contribution in [0.4, 0.5) is 5.13 Å². The van der Waals surface area contributed by atoms with Gasteiger partial charge in [0.1, 0.15) is 0 Å². The quantitative estimate of drug-likeness (QED) is 0.811. The number of nitrogens with zero attached hydrogens (tertiary/aromatic N) is 2. The van der Waals surface area contributed by atoms with Crippen LogP contribution in [0.2, 0.25) is 0 Å². The molecule has 0 aliphatic heterocycles. The van der Waals surface area contributed by atoms with E-state index >= 15 is 0 Å².